The van der Waals surface area contributed by atoms with Crippen LogP contribution in [-0.4, -0.2) is 114 Å². The lowest BCUT2D eigenvalue weighted by atomic mass is 10.3. The maximum atomic E-state index is 13.5. The summed E-state index contributed by atoms with van der Waals surface area (Å²) in [5.41, 5.74) is 0. The maximum Gasteiger partial charge on any atom is 0.495 e. The van der Waals surface area contributed by atoms with E-state index in [4.69, 9.17) is 26.0 Å². The van der Waals surface area contributed by atoms with Crippen LogP contribution in [-0.2, 0) is 33.2 Å². The van der Waals surface area contributed by atoms with Crippen molar-refractivity contribution in [3.8, 4) is 6.07 Å². The topological polar surface area (TPSA) is 133 Å². The van der Waals surface area contributed by atoms with Crippen LogP contribution in [0.15, 0.2) is 0 Å². The average Bonchev–Trinajstić information content (AvgIpc) is 2.79. The average molecular weight is 570 g/mol. The van der Waals surface area contributed by atoms with E-state index in [1.54, 1.807) is 0 Å². The molecule has 38 heavy (non-hydrogen) atoms. The second kappa shape index (κ2) is 20.2. The van der Waals surface area contributed by atoms with Crippen LogP contribution in [0.1, 0.15) is 19.3 Å². The van der Waals surface area contributed by atoms with E-state index < -0.39 is 57.1 Å². The summed E-state index contributed by atoms with van der Waals surface area (Å²) in [7, 11) is 0. The van der Waals surface area contributed by atoms with Gasteiger partial charge in [-0.05, 0) is 6.42 Å². The molecule has 0 aliphatic carbocycles. The molecule has 0 aliphatic rings. The molecule has 0 aliphatic heterocycles. The molecule has 0 fully saturated rings. The molecular weight excluding hydrogens is 538 g/mol. The largest absolute Gasteiger partial charge is 0.495 e. The van der Waals surface area contributed by atoms with Gasteiger partial charge in [0.05, 0.1) is 52.3 Å². The van der Waals surface area contributed by atoms with Crippen LogP contribution in [0.25, 0.3) is 4.85 Å². The van der Waals surface area contributed by atoms with Gasteiger partial charge in [0.25, 0.3) is 0 Å². The number of aliphatic hydroxyl groups is 2. The molecular formula is C21H32F6N2O9. The lowest BCUT2D eigenvalue weighted by Crippen LogP contribution is -2.44. The Morgan fingerprint density at radius 3 is 1.68 bits per heavy atom. The number of unbranched alkanes of at least 4 members (excludes halogenated alkanes) is 1. The molecule has 2 unspecified atom stereocenters. The summed E-state index contributed by atoms with van der Waals surface area (Å²) in [4.78, 5) is 3.11. The first-order valence-electron chi connectivity index (χ1n) is 11.3. The van der Waals surface area contributed by atoms with Gasteiger partial charge in [-0.15, -0.1) is 8.78 Å². The zero-order valence-corrected chi connectivity index (χ0v) is 20.5. The van der Waals surface area contributed by atoms with Gasteiger partial charge in [0, 0.05) is 19.4 Å². The number of hydrogen-bond acceptors (Lipinski definition) is 10. The van der Waals surface area contributed by atoms with Gasteiger partial charge in [-0.3, -0.25) is 0 Å². The summed E-state index contributed by atoms with van der Waals surface area (Å²) < 4.78 is 111. The predicted octanol–water partition coefficient (Wildman–Crippen LogP) is 2.17. The molecule has 0 bridgehead atoms. The third-order valence-electron chi connectivity index (χ3n) is 3.83. The Bertz CT molecular complexity index is 695. The van der Waals surface area contributed by atoms with Crippen molar-refractivity contribution in [3.63, 3.8) is 0 Å². The third-order valence-corrected chi connectivity index (χ3v) is 3.83. The molecule has 0 spiro atoms. The highest BCUT2D eigenvalue weighted by molar-refractivity contribution is 4.67. The molecule has 0 saturated carbocycles. The van der Waals surface area contributed by atoms with Crippen LogP contribution in [0.4, 0.5) is 26.3 Å². The highest BCUT2D eigenvalue weighted by atomic mass is 19.3. The fourth-order valence-electron chi connectivity index (χ4n) is 2.30. The molecule has 0 amide bonds. The zero-order valence-electron chi connectivity index (χ0n) is 20.5. The van der Waals surface area contributed by atoms with Crippen molar-refractivity contribution in [1.82, 2.24) is 0 Å². The summed E-state index contributed by atoms with van der Waals surface area (Å²) in [6.45, 7) is 1.41. The van der Waals surface area contributed by atoms with Crippen molar-refractivity contribution in [3.05, 3.63) is 11.4 Å². The first-order valence-corrected chi connectivity index (χ1v) is 11.3. The molecule has 11 nitrogen and oxygen atoms in total. The van der Waals surface area contributed by atoms with Gasteiger partial charge in [0.15, 0.2) is 0 Å². The number of nitriles is 1. The van der Waals surface area contributed by atoms with Crippen molar-refractivity contribution in [2.75, 3.05) is 72.6 Å². The molecule has 0 rings (SSSR count). The first kappa shape index (κ1) is 36.2. The van der Waals surface area contributed by atoms with E-state index in [0.29, 0.717) is 12.8 Å². The Morgan fingerprint density at radius 1 is 0.711 bits per heavy atom. The minimum Gasteiger partial charge on any atom is -0.388 e. The molecule has 222 valence electrons. The van der Waals surface area contributed by atoms with Gasteiger partial charge in [0.1, 0.15) is 25.4 Å². The monoisotopic (exact) mass is 570 g/mol. The van der Waals surface area contributed by atoms with E-state index >= 15 is 0 Å². The van der Waals surface area contributed by atoms with Crippen molar-refractivity contribution in [2.24, 2.45) is 0 Å². The van der Waals surface area contributed by atoms with E-state index in [0.717, 1.165) is 0 Å². The van der Waals surface area contributed by atoms with Crippen LogP contribution in [0.5, 0.6) is 0 Å². The van der Waals surface area contributed by atoms with Crippen LogP contribution < -0.4 is 0 Å². The van der Waals surface area contributed by atoms with Gasteiger partial charge >= 0.3 is 18.5 Å². The van der Waals surface area contributed by atoms with Crippen LogP contribution in [0.3, 0.4) is 0 Å². The minimum absolute atomic E-state index is 0.0886. The third kappa shape index (κ3) is 22.2. The summed E-state index contributed by atoms with van der Waals surface area (Å²) in [5, 5.41) is 27.4. The van der Waals surface area contributed by atoms with Crippen molar-refractivity contribution in [1.29, 1.82) is 5.26 Å². The number of halogens is 6. The summed E-state index contributed by atoms with van der Waals surface area (Å²) in [6.07, 6.45) is -16.3. The van der Waals surface area contributed by atoms with E-state index in [-0.39, 0.29) is 52.6 Å². The van der Waals surface area contributed by atoms with Gasteiger partial charge in [-0.2, -0.15) is 22.8 Å². The number of aliphatic hydroxyl groups excluding tert-OH is 2. The maximum absolute atomic E-state index is 13.5. The second-order valence-corrected chi connectivity index (χ2v) is 7.54. The first-order chi connectivity index (χ1) is 17.8. The van der Waals surface area contributed by atoms with E-state index in [1.165, 1.54) is 0 Å². The number of ether oxygens (including phenoxy) is 7. The Labute approximate surface area is 215 Å². The normalized spacial score (nSPS) is 14.2. The molecule has 2 atom stereocenters. The van der Waals surface area contributed by atoms with Crippen molar-refractivity contribution < 1.29 is 69.7 Å². The molecule has 0 aromatic carbocycles. The number of nitrogens with zero attached hydrogens (tertiary/aromatic N) is 2. The van der Waals surface area contributed by atoms with Gasteiger partial charge in [0.2, 0.25) is 6.54 Å². The zero-order chi connectivity index (χ0) is 28.9. The Hall–Kier alpha value is -1.80. The van der Waals surface area contributed by atoms with Gasteiger partial charge in [-0.1, -0.05) is 0 Å². The Morgan fingerprint density at radius 2 is 1.16 bits per heavy atom. The van der Waals surface area contributed by atoms with Crippen LogP contribution in [0, 0.1) is 17.9 Å². The minimum atomic E-state index is -5.43. The fraction of sp³-hybridized carbons (Fsp3) is 0.905. The van der Waals surface area contributed by atoms with Crippen molar-refractivity contribution >= 4 is 0 Å². The Kier molecular flexibility index (Phi) is 19.2. The molecule has 17 heteroatoms. The quantitative estimate of drug-likeness (QED) is 0.0728. The molecule has 0 heterocycles. The lowest BCUT2D eigenvalue weighted by molar-refractivity contribution is -0.518. The number of rotatable bonds is 25. The molecule has 0 saturated heterocycles. The van der Waals surface area contributed by atoms with Gasteiger partial charge in [-0.25, -0.2) is 16.0 Å². The molecule has 0 aromatic heterocycles. The lowest BCUT2D eigenvalue weighted by Gasteiger charge is -2.26. The van der Waals surface area contributed by atoms with Crippen molar-refractivity contribution in [2.45, 2.75) is 50.0 Å². The van der Waals surface area contributed by atoms with Crippen LogP contribution in [0.2, 0.25) is 0 Å². The number of hydrogen-bond donors (Lipinski definition) is 2. The number of alkyl halides is 6. The SMILES string of the molecule is [C-]#[N+]CCCOCC(O)COCCOCC(F)(F)OC(F)(F)OC(F)(F)COCC(O)COCCCC#N. The molecule has 0 aromatic rings. The Balaban J connectivity index is 4.12. The highest BCUT2D eigenvalue weighted by Crippen LogP contribution is 2.33. The van der Waals surface area contributed by atoms with Gasteiger partial charge < -0.3 is 38.7 Å². The van der Waals surface area contributed by atoms with Crippen LogP contribution >= 0.6 is 0 Å². The van der Waals surface area contributed by atoms with E-state index in [9.17, 15) is 36.6 Å². The smallest absolute Gasteiger partial charge is 0.388 e. The fourth-order valence-corrected chi connectivity index (χ4v) is 2.30. The second-order valence-electron chi connectivity index (χ2n) is 7.54. The standard InChI is InChI=1S/C21H32F6N2O9/c1-29-6-4-8-33-11-17(30)13-34-9-10-35-15-19(22,23)37-21(26,27)38-20(24,25)16-36-14-18(31)12-32-7-3-2-5-28/h17-18,30-31H,2-4,6-16H2. The predicted molar refractivity (Wildman–Crippen MR) is 114 cm³/mol. The highest BCUT2D eigenvalue weighted by Gasteiger charge is 2.52. The summed E-state index contributed by atoms with van der Waals surface area (Å²) in [6, 6.07) is 1.86. The summed E-state index contributed by atoms with van der Waals surface area (Å²) >= 11 is 0. The molecule has 2 N–H and O–H groups in total. The van der Waals surface area contributed by atoms with E-state index in [1.807, 2.05) is 6.07 Å². The van der Waals surface area contributed by atoms with E-state index in [2.05, 4.69) is 23.8 Å². The summed E-state index contributed by atoms with van der Waals surface area (Å²) in [5.74, 6) is 0. The molecule has 0 radical (unpaired) electrons.